The summed E-state index contributed by atoms with van der Waals surface area (Å²) >= 11 is 0. The number of aromatic nitrogens is 1. The van der Waals surface area contributed by atoms with Crippen LogP contribution in [0.1, 0.15) is 55.0 Å². The summed E-state index contributed by atoms with van der Waals surface area (Å²) in [6.45, 7) is 2.42. The molecule has 38 heavy (non-hydrogen) atoms. The smallest absolute Gasteiger partial charge is 0.135 e. The van der Waals surface area contributed by atoms with E-state index in [0.29, 0.717) is 26.1 Å². The molecule has 8 heteroatoms. The van der Waals surface area contributed by atoms with Gasteiger partial charge in [-0.3, -0.25) is 14.2 Å². The van der Waals surface area contributed by atoms with Gasteiger partial charge < -0.3 is 9.72 Å². The second-order valence-electron chi connectivity index (χ2n) is 11.7. The van der Waals surface area contributed by atoms with Gasteiger partial charge in [-0.2, -0.15) is 5.26 Å². The first-order valence-electron chi connectivity index (χ1n) is 13.7. The maximum Gasteiger partial charge on any atom is 0.135 e. The molecule has 4 fully saturated rings. The molecule has 1 N–H and O–H groups in total. The summed E-state index contributed by atoms with van der Waals surface area (Å²) in [6, 6.07) is 12.5. The van der Waals surface area contributed by atoms with Gasteiger partial charge >= 0.3 is 0 Å². The van der Waals surface area contributed by atoms with Crippen LogP contribution in [-0.4, -0.2) is 59.3 Å². The van der Waals surface area contributed by atoms with Gasteiger partial charge in [-0.15, -0.1) is 0 Å². The molecule has 1 saturated heterocycles. The number of nitriles is 1. The minimum Gasteiger partial charge on any atom is -0.489 e. The van der Waals surface area contributed by atoms with Gasteiger partial charge in [-0.25, -0.2) is 8.78 Å². The van der Waals surface area contributed by atoms with Crippen LogP contribution in [0.3, 0.4) is 0 Å². The van der Waals surface area contributed by atoms with E-state index in [4.69, 9.17) is 4.74 Å². The first-order chi connectivity index (χ1) is 18.4. The molecule has 0 radical (unpaired) electrons. The molecule has 2 aromatic carbocycles. The first kappa shape index (κ1) is 24.1. The molecule has 3 aromatic rings. The van der Waals surface area contributed by atoms with Gasteiger partial charge in [-0.05, 0) is 50.2 Å². The van der Waals surface area contributed by atoms with E-state index in [9.17, 15) is 9.65 Å². The molecular weight excluding hydrogens is 489 g/mol. The normalized spacial score (nSPS) is 30.5. The van der Waals surface area contributed by atoms with Crippen LogP contribution in [0, 0.1) is 28.4 Å². The Labute approximate surface area is 220 Å². The van der Waals surface area contributed by atoms with Gasteiger partial charge in [0, 0.05) is 66.0 Å². The van der Waals surface area contributed by atoms with Gasteiger partial charge in [0.2, 0.25) is 0 Å². The number of nitrogens with one attached hydrogen (secondary N) is 1. The van der Waals surface area contributed by atoms with Crippen LogP contribution in [0.4, 0.5) is 13.2 Å². The molecule has 8 rings (SSSR count). The maximum absolute atomic E-state index is 15.9. The van der Waals surface area contributed by atoms with E-state index in [1.54, 1.807) is 0 Å². The molecule has 2 atom stereocenters. The van der Waals surface area contributed by atoms with Crippen molar-refractivity contribution in [2.75, 3.05) is 32.9 Å². The zero-order valence-corrected chi connectivity index (χ0v) is 21.3. The number of likely N-dealkylation sites (tertiary alicyclic amines) is 1. The van der Waals surface area contributed by atoms with Crippen molar-refractivity contribution >= 4 is 10.9 Å². The van der Waals surface area contributed by atoms with Crippen LogP contribution in [0.5, 0.6) is 5.75 Å². The molecule has 2 aliphatic heterocycles. The number of nitrogens with zero attached hydrogens (tertiary/aromatic N) is 3. The number of ether oxygens (including phenoxy) is 1. The zero-order chi connectivity index (χ0) is 26.1. The lowest BCUT2D eigenvalue weighted by Gasteiger charge is -2.72. The number of para-hydroxylation sites is 1. The van der Waals surface area contributed by atoms with Crippen molar-refractivity contribution in [3.63, 3.8) is 0 Å². The summed E-state index contributed by atoms with van der Waals surface area (Å²) in [6.07, 6.45) is 4.12. The Hall–Kier alpha value is -3.02. The van der Waals surface area contributed by atoms with Crippen LogP contribution in [-0.2, 0) is 6.42 Å². The average Bonchev–Trinajstić information content (AvgIpc) is 3.46. The molecule has 3 heterocycles. The topological polar surface area (TPSA) is 55.3 Å². The Morgan fingerprint density at radius 3 is 2.61 bits per heavy atom. The van der Waals surface area contributed by atoms with Crippen molar-refractivity contribution in [2.45, 2.75) is 56.2 Å². The van der Waals surface area contributed by atoms with E-state index in [2.05, 4.69) is 26.9 Å². The molecule has 0 spiro atoms. The Morgan fingerprint density at radius 2 is 1.87 bits per heavy atom. The summed E-state index contributed by atoms with van der Waals surface area (Å²) in [4.78, 5) is 7.88. The Kier molecular flexibility index (Phi) is 5.54. The van der Waals surface area contributed by atoms with Crippen molar-refractivity contribution in [3.05, 3.63) is 64.9 Å². The van der Waals surface area contributed by atoms with E-state index >= 15 is 8.78 Å². The van der Waals surface area contributed by atoms with Crippen LogP contribution in [0.2, 0.25) is 0 Å². The quantitative estimate of drug-likeness (QED) is 0.437. The number of hydrogen-bond acceptors (Lipinski definition) is 4. The molecule has 0 amide bonds. The summed E-state index contributed by atoms with van der Waals surface area (Å²) in [5, 5.41) is 10.7. The number of halogens is 3. The number of H-pyrrole nitrogens is 1. The lowest BCUT2D eigenvalue weighted by atomic mass is 9.39. The lowest BCUT2D eigenvalue weighted by molar-refractivity contribution is -0.199. The third kappa shape index (κ3) is 3.59. The lowest BCUT2D eigenvalue weighted by Crippen LogP contribution is -2.75. The minimum atomic E-state index is -0.615. The number of aromatic amines is 1. The van der Waals surface area contributed by atoms with Crippen molar-refractivity contribution < 1.29 is 17.9 Å². The molecule has 2 bridgehead atoms. The van der Waals surface area contributed by atoms with E-state index < -0.39 is 17.7 Å². The third-order valence-electron chi connectivity index (χ3n) is 9.35. The number of hydrogen-bond donors (Lipinski definition) is 1. The second kappa shape index (κ2) is 8.75. The molecular formula is C30H31F3N4O. The molecule has 5 nitrogen and oxygen atoms in total. The highest BCUT2D eigenvalue weighted by molar-refractivity contribution is 5.85. The Bertz CT molecular complexity index is 1400. The average molecular weight is 521 g/mol. The highest BCUT2D eigenvalue weighted by Gasteiger charge is 2.72. The molecule has 5 aliphatic rings. The predicted molar refractivity (Wildman–Crippen MR) is 138 cm³/mol. The number of fused-ring (bicyclic) bond motifs is 3. The summed E-state index contributed by atoms with van der Waals surface area (Å²) in [5.74, 6) is -1.04. The molecule has 3 aliphatic carbocycles. The fraction of sp³-hybridized carbons (Fsp3) is 0.500. The minimum absolute atomic E-state index is 0.0385. The van der Waals surface area contributed by atoms with E-state index in [1.807, 2.05) is 18.2 Å². The van der Waals surface area contributed by atoms with E-state index in [-0.39, 0.29) is 35.0 Å². The molecule has 1 aromatic heterocycles. The number of benzene rings is 2. The zero-order valence-electron chi connectivity index (χ0n) is 21.3. The highest BCUT2D eigenvalue weighted by atomic mass is 19.1. The predicted octanol–water partition coefficient (Wildman–Crippen LogP) is 5.65. The second-order valence-corrected chi connectivity index (χ2v) is 11.7. The highest BCUT2D eigenvalue weighted by Crippen LogP contribution is 2.71. The fourth-order valence-corrected chi connectivity index (χ4v) is 7.67. The first-order valence-corrected chi connectivity index (χ1v) is 13.7. The van der Waals surface area contributed by atoms with Crippen molar-refractivity contribution in [1.82, 2.24) is 14.8 Å². The van der Waals surface area contributed by atoms with Gasteiger partial charge in [0.25, 0.3) is 0 Å². The van der Waals surface area contributed by atoms with Crippen LogP contribution >= 0.6 is 0 Å². The third-order valence-corrected chi connectivity index (χ3v) is 9.35. The SMILES string of the molecule is N#CC12CC(N3CCc4c([nH]c5ccccc45)[C@H]3c3c(F)cc(O[C@H]4CCN(CCCF)C4)cc3F)(C1)C2. The van der Waals surface area contributed by atoms with Crippen LogP contribution in [0.25, 0.3) is 10.9 Å². The van der Waals surface area contributed by atoms with Crippen molar-refractivity contribution in [3.8, 4) is 11.8 Å². The van der Waals surface area contributed by atoms with Crippen LogP contribution < -0.4 is 4.74 Å². The monoisotopic (exact) mass is 520 g/mol. The van der Waals surface area contributed by atoms with Gasteiger partial charge in [0.05, 0.1) is 24.2 Å². The van der Waals surface area contributed by atoms with Crippen LogP contribution in [0.15, 0.2) is 36.4 Å². The van der Waals surface area contributed by atoms with Crippen molar-refractivity contribution in [2.24, 2.45) is 5.41 Å². The van der Waals surface area contributed by atoms with Gasteiger partial charge in [0.1, 0.15) is 23.5 Å². The Balaban J connectivity index is 1.23. The maximum atomic E-state index is 15.9. The fourth-order valence-electron chi connectivity index (χ4n) is 7.67. The number of alkyl halides is 1. The van der Waals surface area contributed by atoms with Gasteiger partial charge in [0.15, 0.2) is 0 Å². The van der Waals surface area contributed by atoms with E-state index in [0.717, 1.165) is 60.8 Å². The molecule has 198 valence electrons. The van der Waals surface area contributed by atoms with Crippen molar-refractivity contribution in [1.29, 1.82) is 5.26 Å². The largest absolute Gasteiger partial charge is 0.489 e. The standard InChI is InChI=1S/C30H31F3N4O/c31-8-3-9-36-10-6-19(14-36)38-20-12-23(32)26(24(33)13-20)28-27-22(21-4-1-2-5-25(21)35-27)7-11-37(28)30-15-29(16-30,17-30)18-34/h1-2,4-5,12-13,19,28,35H,3,6-11,14-17H2/t19-,28+,29?,30?/m0/s1. The number of rotatable bonds is 7. The summed E-state index contributed by atoms with van der Waals surface area (Å²) < 4.78 is 50.4. The van der Waals surface area contributed by atoms with Gasteiger partial charge in [-0.1, -0.05) is 18.2 Å². The molecule has 0 unspecified atom stereocenters. The summed E-state index contributed by atoms with van der Waals surface area (Å²) in [7, 11) is 0. The molecule has 3 saturated carbocycles. The Morgan fingerprint density at radius 1 is 1.11 bits per heavy atom. The summed E-state index contributed by atoms with van der Waals surface area (Å²) in [5.41, 5.74) is 2.52. The van der Waals surface area contributed by atoms with E-state index in [1.165, 1.54) is 12.1 Å².